The quantitative estimate of drug-likeness (QED) is 0.265. The van der Waals surface area contributed by atoms with Crippen LogP contribution in [0.2, 0.25) is 0 Å². The molecule has 0 aliphatic carbocycles. The van der Waals surface area contributed by atoms with Gasteiger partial charge in [-0.15, -0.1) is 0 Å². The van der Waals surface area contributed by atoms with Crippen molar-refractivity contribution >= 4 is 5.97 Å². The maximum Gasteiger partial charge on any atom is 0.305 e. The molecule has 0 amide bonds. The molecule has 0 bridgehead atoms. The van der Waals surface area contributed by atoms with Crippen LogP contribution in [0.1, 0.15) is 77.6 Å². The molecule has 0 spiro atoms. The van der Waals surface area contributed by atoms with E-state index in [1.54, 1.807) is 0 Å². The lowest BCUT2D eigenvalue weighted by Gasteiger charge is -2.02. The summed E-state index contributed by atoms with van der Waals surface area (Å²) >= 11 is 0. The van der Waals surface area contributed by atoms with Gasteiger partial charge in [0.05, 0.1) is 0 Å². The lowest BCUT2D eigenvalue weighted by atomic mass is 10.1. The molecule has 0 aliphatic rings. The second kappa shape index (κ2) is 18.0. The van der Waals surface area contributed by atoms with Crippen molar-refractivity contribution in [1.82, 2.24) is 0 Å². The first-order chi connectivity index (χ1) is 10.8. The molecule has 0 saturated carbocycles. The number of rotatable bonds is 15. The van der Waals surface area contributed by atoms with E-state index < -0.39 is 0 Å². The van der Waals surface area contributed by atoms with E-state index >= 15 is 0 Å². The van der Waals surface area contributed by atoms with Crippen LogP contribution in [0.5, 0.6) is 0 Å². The zero-order valence-corrected chi connectivity index (χ0v) is 14.4. The number of carbonyl (C=O) groups excluding carboxylic acids is 1. The Kier molecular flexibility index (Phi) is 17.1. The Labute approximate surface area is 137 Å². The summed E-state index contributed by atoms with van der Waals surface area (Å²) in [5.74, 6) is -0.111. The minimum Gasteiger partial charge on any atom is -0.464 e. The number of hydrogen-bond acceptors (Lipinski definition) is 3. The number of unbranched alkanes of at least 4 members (excludes halogenated alkanes) is 7. The molecule has 3 heteroatoms. The summed E-state index contributed by atoms with van der Waals surface area (Å²) < 4.78 is 4.93. The summed E-state index contributed by atoms with van der Waals surface area (Å²) in [5, 5.41) is 0. The molecule has 0 aliphatic heterocycles. The Morgan fingerprint density at radius 3 is 2.23 bits per heavy atom. The largest absolute Gasteiger partial charge is 0.464 e. The van der Waals surface area contributed by atoms with Crippen molar-refractivity contribution in [2.75, 3.05) is 13.2 Å². The standard InChI is InChI=1S/C19H35NO2/c1-2-3-4-5-6-7-8-9-10-11-12-13-14-15-16-19(21)22-18-17-20/h5-6,8-9H,2-4,7,10-18,20H2,1H3/b6-5-,9-8-. The second-order valence-corrected chi connectivity index (χ2v) is 5.64. The second-order valence-electron chi connectivity index (χ2n) is 5.64. The molecule has 0 atom stereocenters. The third-order valence-corrected chi connectivity index (χ3v) is 3.46. The van der Waals surface area contributed by atoms with E-state index in [0.29, 0.717) is 19.6 Å². The first-order valence-corrected chi connectivity index (χ1v) is 8.97. The van der Waals surface area contributed by atoms with Gasteiger partial charge in [-0.1, -0.05) is 63.3 Å². The fraction of sp³-hybridized carbons (Fsp3) is 0.737. The van der Waals surface area contributed by atoms with Crippen molar-refractivity contribution in [2.45, 2.75) is 77.6 Å². The lowest BCUT2D eigenvalue weighted by Crippen LogP contribution is -2.13. The van der Waals surface area contributed by atoms with Gasteiger partial charge in [-0.05, 0) is 32.1 Å². The molecule has 128 valence electrons. The highest BCUT2D eigenvalue weighted by molar-refractivity contribution is 5.69. The van der Waals surface area contributed by atoms with Crippen molar-refractivity contribution in [3.63, 3.8) is 0 Å². The highest BCUT2D eigenvalue weighted by Gasteiger charge is 2.01. The predicted octanol–water partition coefficient (Wildman–Crippen LogP) is 4.91. The van der Waals surface area contributed by atoms with Gasteiger partial charge in [0.2, 0.25) is 0 Å². The number of nitrogens with two attached hydrogens (primary N) is 1. The molecule has 0 aromatic carbocycles. The average molecular weight is 309 g/mol. The molecule has 22 heavy (non-hydrogen) atoms. The van der Waals surface area contributed by atoms with Crippen molar-refractivity contribution in [3.8, 4) is 0 Å². The van der Waals surface area contributed by atoms with Gasteiger partial charge < -0.3 is 10.5 Å². The Balaban J connectivity index is 3.22. The Hall–Kier alpha value is -1.09. The van der Waals surface area contributed by atoms with Crippen molar-refractivity contribution in [2.24, 2.45) is 5.73 Å². The van der Waals surface area contributed by atoms with E-state index in [-0.39, 0.29) is 5.97 Å². The fourth-order valence-corrected chi connectivity index (χ4v) is 2.14. The van der Waals surface area contributed by atoms with E-state index in [0.717, 1.165) is 19.3 Å². The molecule has 0 unspecified atom stereocenters. The van der Waals surface area contributed by atoms with Crippen LogP contribution in [0.25, 0.3) is 0 Å². The van der Waals surface area contributed by atoms with Gasteiger partial charge in [-0.2, -0.15) is 0 Å². The van der Waals surface area contributed by atoms with E-state index in [9.17, 15) is 4.79 Å². The maximum atomic E-state index is 11.2. The highest BCUT2D eigenvalue weighted by Crippen LogP contribution is 2.08. The van der Waals surface area contributed by atoms with Crippen molar-refractivity contribution in [3.05, 3.63) is 24.3 Å². The third kappa shape index (κ3) is 17.0. The van der Waals surface area contributed by atoms with Crippen LogP contribution in [0, 0.1) is 0 Å². The smallest absolute Gasteiger partial charge is 0.305 e. The number of hydrogen-bond donors (Lipinski definition) is 1. The summed E-state index contributed by atoms with van der Waals surface area (Å²) in [5.41, 5.74) is 5.27. The maximum absolute atomic E-state index is 11.2. The fourth-order valence-electron chi connectivity index (χ4n) is 2.14. The van der Waals surface area contributed by atoms with Crippen molar-refractivity contribution in [1.29, 1.82) is 0 Å². The molecule has 0 heterocycles. The number of ether oxygens (including phenoxy) is 1. The van der Waals surface area contributed by atoms with Crippen LogP contribution in [-0.2, 0) is 9.53 Å². The van der Waals surface area contributed by atoms with Crippen molar-refractivity contribution < 1.29 is 9.53 Å². The number of esters is 1. The molecule has 0 aromatic rings. The van der Waals surface area contributed by atoms with Gasteiger partial charge in [0, 0.05) is 13.0 Å². The predicted molar refractivity (Wildman–Crippen MR) is 94.8 cm³/mol. The number of allylic oxidation sites excluding steroid dienone is 4. The molecular formula is C19H35NO2. The average Bonchev–Trinajstić information content (AvgIpc) is 2.53. The Morgan fingerprint density at radius 2 is 1.55 bits per heavy atom. The summed E-state index contributed by atoms with van der Waals surface area (Å²) in [6.45, 7) is 2.98. The van der Waals surface area contributed by atoms with Gasteiger partial charge in [0.1, 0.15) is 6.61 Å². The SMILES string of the molecule is CCCC/C=C\C/C=C\CCCCCCCC(=O)OCCN. The zero-order chi connectivity index (χ0) is 16.3. The van der Waals surface area contributed by atoms with Crippen LogP contribution in [0.15, 0.2) is 24.3 Å². The van der Waals surface area contributed by atoms with Gasteiger partial charge in [0.15, 0.2) is 0 Å². The Bertz CT molecular complexity index is 298. The minimum absolute atomic E-state index is 0.111. The van der Waals surface area contributed by atoms with Crippen LogP contribution in [0.3, 0.4) is 0 Å². The van der Waals surface area contributed by atoms with Gasteiger partial charge in [-0.25, -0.2) is 0 Å². The van der Waals surface area contributed by atoms with Gasteiger partial charge in [-0.3, -0.25) is 4.79 Å². The molecule has 0 fully saturated rings. The molecule has 0 saturated heterocycles. The van der Waals surface area contributed by atoms with Crippen LogP contribution in [0.4, 0.5) is 0 Å². The summed E-state index contributed by atoms with van der Waals surface area (Å²) in [6.07, 6.45) is 21.4. The van der Waals surface area contributed by atoms with E-state index in [4.69, 9.17) is 10.5 Å². The minimum atomic E-state index is -0.111. The molecule has 3 nitrogen and oxygen atoms in total. The monoisotopic (exact) mass is 309 g/mol. The number of carbonyl (C=O) groups is 1. The zero-order valence-electron chi connectivity index (χ0n) is 14.4. The first-order valence-electron chi connectivity index (χ1n) is 8.97. The molecule has 0 aromatic heterocycles. The van der Waals surface area contributed by atoms with E-state index in [2.05, 4.69) is 31.2 Å². The van der Waals surface area contributed by atoms with E-state index in [1.165, 1.54) is 44.9 Å². The summed E-state index contributed by atoms with van der Waals surface area (Å²) in [6, 6.07) is 0. The van der Waals surface area contributed by atoms with Crippen LogP contribution >= 0.6 is 0 Å². The van der Waals surface area contributed by atoms with Crippen LogP contribution < -0.4 is 5.73 Å². The van der Waals surface area contributed by atoms with Gasteiger partial charge >= 0.3 is 5.97 Å². The third-order valence-electron chi connectivity index (χ3n) is 3.46. The first kappa shape index (κ1) is 20.9. The van der Waals surface area contributed by atoms with Gasteiger partial charge in [0.25, 0.3) is 0 Å². The molecule has 2 N–H and O–H groups in total. The molecule has 0 rings (SSSR count). The van der Waals surface area contributed by atoms with E-state index in [1.807, 2.05) is 0 Å². The molecule has 0 radical (unpaired) electrons. The normalized spacial score (nSPS) is 11.5. The highest BCUT2D eigenvalue weighted by atomic mass is 16.5. The molecular weight excluding hydrogens is 274 g/mol. The summed E-state index contributed by atoms with van der Waals surface area (Å²) in [4.78, 5) is 11.2. The Morgan fingerprint density at radius 1 is 0.909 bits per heavy atom. The lowest BCUT2D eigenvalue weighted by molar-refractivity contribution is -0.143. The summed E-state index contributed by atoms with van der Waals surface area (Å²) in [7, 11) is 0. The topological polar surface area (TPSA) is 52.3 Å². The van der Waals surface area contributed by atoms with Crippen LogP contribution in [-0.4, -0.2) is 19.1 Å².